The molecule has 18 heavy (non-hydrogen) atoms. The number of aromatic nitrogens is 2. The molecule has 102 valence electrons. The van der Waals surface area contributed by atoms with Crippen molar-refractivity contribution in [2.24, 2.45) is 0 Å². The van der Waals surface area contributed by atoms with Crippen molar-refractivity contribution in [3.63, 3.8) is 0 Å². The van der Waals surface area contributed by atoms with Crippen LogP contribution in [0, 0.1) is 6.92 Å². The second kappa shape index (κ2) is 4.32. The molecule has 4 heteroatoms. The third kappa shape index (κ3) is 2.57. The average molecular weight is 256 g/mol. The largest absolute Gasteiger partial charge is 0.264 e. The quantitative estimate of drug-likeness (QED) is 0.735. The van der Waals surface area contributed by atoms with E-state index < -0.39 is 5.92 Å². The molecule has 0 unspecified atom stereocenters. The third-order valence-electron chi connectivity index (χ3n) is 3.84. The van der Waals surface area contributed by atoms with Crippen LogP contribution < -0.4 is 0 Å². The normalized spacial score (nSPS) is 21.2. The lowest BCUT2D eigenvalue weighted by Crippen LogP contribution is -2.26. The van der Waals surface area contributed by atoms with Gasteiger partial charge in [0, 0.05) is 18.5 Å². The monoisotopic (exact) mass is 256 g/mol. The molecule has 1 saturated carbocycles. The summed E-state index contributed by atoms with van der Waals surface area (Å²) in [6, 6.07) is 0. The third-order valence-corrected chi connectivity index (χ3v) is 3.84. The highest BCUT2D eigenvalue weighted by molar-refractivity contribution is 5.23. The minimum Gasteiger partial charge on any atom is -0.264 e. The lowest BCUT2D eigenvalue weighted by atomic mass is 9.82. The van der Waals surface area contributed by atoms with Gasteiger partial charge in [-0.05, 0) is 52.0 Å². The summed E-state index contributed by atoms with van der Waals surface area (Å²) in [7, 11) is 0. The van der Waals surface area contributed by atoms with Gasteiger partial charge in [0.25, 0.3) is 0 Å². The van der Waals surface area contributed by atoms with Gasteiger partial charge in [-0.25, -0.2) is 8.78 Å². The predicted molar refractivity (Wildman–Crippen MR) is 68.1 cm³/mol. The highest BCUT2D eigenvalue weighted by Crippen LogP contribution is 2.41. The molecule has 1 heterocycles. The molecule has 0 amide bonds. The van der Waals surface area contributed by atoms with Crippen molar-refractivity contribution in [1.82, 2.24) is 9.78 Å². The summed E-state index contributed by atoms with van der Waals surface area (Å²) < 4.78 is 28.3. The Morgan fingerprint density at radius 2 is 1.83 bits per heavy atom. The minimum absolute atomic E-state index is 0.0117. The van der Waals surface area contributed by atoms with Crippen molar-refractivity contribution >= 4 is 0 Å². The number of alkyl halides is 2. The maximum atomic E-state index is 13.2. The van der Waals surface area contributed by atoms with Gasteiger partial charge in [-0.2, -0.15) is 5.10 Å². The van der Waals surface area contributed by atoms with E-state index in [1.54, 1.807) is 0 Å². The number of rotatable bonds is 1. The zero-order valence-corrected chi connectivity index (χ0v) is 11.6. The lowest BCUT2D eigenvalue weighted by molar-refractivity contribution is -0.0382. The summed E-state index contributed by atoms with van der Waals surface area (Å²) in [5.74, 6) is -2.20. The smallest absolute Gasteiger partial charge is 0.248 e. The molecule has 0 spiro atoms. The molecule has 0 atom stereocenters. The highest BCUT2D eigenvalue weighted by atomic mass is 19.3. The Balaban J connectivity index is 2.19. The lowest BCUT2D eigenvalue weighted by Gasteiger charge is -2.28. The van der Waals surface area contributed by atoms with Gasteiger partial charge in [0.15, 0.2) is 0 Å². The number of halogens is 2. The summed E-state index contributed by atoms with van der Waals surface area (Å²) in [5.41, 5.74) is 2.22. The van der Waals surface area contributed by atoms with Gasteiger partial charge in [-0.1, -0.05) is 0 Å². The Bertz CT molecular complexity index is 419. The Kier molecular flexibility index (Phi) is 3.24. The Morgan fingerprint density at radius 1 is 1.28 bits per heavy atom. The van der Waals surface area contributed by atoms with Gasteiger partial charge >= 0.3 is 0 Å². The van der Waals surface area contributed by atoms with Crippen molar-refractivity contribution in [3.8, 4) is 0 Å². The standard InChI is InChI=1S/C14H22F2N2/c1-10-12(9-17-18(10)13(2,3)4)11-5-7-14(15,16)8-6-11/h9,11H,5-8H2,1-4H3. The fourth-order valence-electron chi connectivity index (χ4n) is 2.85. The maximum Gasteiger partial charge on any atom is 0.248 e. The zero-order chi connectivity index (χ0) is 13.6. The molecule has 1 aliphatic rings. The van der Waals surface area contributed by atoms with Crippen LogP contribution in [0.3, 0.4) is 0 Å². The summed E-state index contributed by atoms with van der Waals surface area (Å²) in [5, 5.41) is 4.43. The van der Waals surface area contributed by atoms with Crippen LogP contribution in [0.1, 0.15) is 63.6 Å². The highest BCUT2D eigenvalue weighted by Gasteiger charge is 2.36. The molecule has 0 aliphatic heterocycles. The van der Waals surface area contributed by atoms with Crippen LogP contribution in [-0.2, 0) is 5.54 Å². The van der Waals surface area contributed by atoms with Gasteiger partial charge in [-0.3, -0.25) is 4.68 Å². The van der Waals surface area contributed by atoms with Crippen LogP contribution >= 0.6 is 0 Å². The van der Waals surface area contributed by atoms with Gasteiger partial charge in [-0.15, -0.1) is 0 Å². The molecule has 1 aromatic heterocycles. The Hall–Kier alpha value is -0.930. The van der Waals surface area contributed by atoms with Crippen LogP contribution in [-0.4, -0.2) is 15.7 Å². The number of nitrogens with zero attached hydrogens (tertiary/aromatic N) is 2. The Labute approximate surface area is 107 Å². The van der Waals surface area contributed by atoms with E-state index in [-0.39, 0.29) is 24.3 Å². The molecule has 2 rings (SSSR count). The zero-order valence-electron chi connectivity index (χ0n) is 11.6. The van der Waals surface area contributed by atoms with Gasteiger partial charge in [0.05, 0.1) is 11.7 Å². The fraction of sp³-hybridized carbons (Fsp3) is 0.786. The molecule has 0 aromatic carbocycles. The number of hydrogen-bond acceptors (Lipinski definition) is 1. The van der Waals surface area contributed by atoms with Crippen LogP contribution in [0.25, 0.3) is 0 Å². The average Bonchev–Trinajstić information content (AvgIpc) is 2.60. The van der Waals surface area contributed by atoms with Crippen LogP contribution in [0.4, 0.5) is 8.78 Å². The van der Waals surface area contributed by atoms with Crippen molar-refractivity contribution in [2.45, 2.75) is 70.8 Å². The SMILES string of the molecule is Cc1c(C2CCC(F)(F)CC2)cnn1C(C)(C)C. The van der Waals surface area contributed by atoms with Crippen molar-refractivity contribution in [3.05, 3.63) is 17.5 Å². The van der Waals surface area contributed by atoms with E-state index in [4.69, 9.17) is 0 Å². The molecule has 1 aliphatic carbocycles. The minimum atomic E-state index is -2.45. The topological polar surface area (TPSA) is 17.8 Å². The van der Waals surface area contributed by atoms with Crippen LogP contribution in [0.15, 0.2) is 6.20 Å². The van der Waals surface area contributed by atoms with Crippen molar-refractivity contribution in [2.75, 3.05) is 0 Å². The van der Waals surface area contributed by atoms with Crippen LogP contribution in [0.5, 0.6) is 0 Å². The molecule has 0 saturated heterocycles. The second-order valence-corrected chi connectivity index (χ2v) is 6.40. The molecular weight excluding hydrogens is 234 g/mol. The van der Waals surface area contributed by atoms with E-state index in [0.29, 0.717) is 12.8 Å². The summed E-state index contributed by atoms with van der Waals surface area (Å²) in [6.45, 7) is 8.35. The van der Waals surface area contributed by atoms with Crippen molar-refractivity contribution < 1.29 is 8.78 Å². The van der Waals surface area contributed by atoms with Crippen LogP contribution in [0.2, 0.25) is 0 Å². The molecular formula is C14H22F2N2. The van der Waals surface area contributed by atoms with E-state index in [2.05, 4.69) is 25.9 Å². The molecule has 2 nitrogen and oxygen atoms in total. The van der Waals surface area contributed by atoms with E-state index in [0.717, 1.165) is 11.3 Å². The van der Waals surface area contributed by atoms with Gasteiger partial charge in [0.1, 0.15) is 0 Å². The van der Waals surface area contributed by atoms with E-state index in [1.165, 1.54) is 0 Å². The first kappa shape index (κ1) is 13.5. The summed E-state index contributed by atoms with van der Waals surface area (Å²) in [6.07, 6.45) is 3.04. The number of hydrogen-bond donors (Lipinski definition) is 0. The van der Waals surface area contributed by atoms with E-state index in [1.807, 2.05) is 17.8 Å². The first-order valence-corrected chi connectivity index (χ1v) is 6.63. The predicted octanol–water partition coefficient (Wildman–Crippen LogP) is 4.24. The van der Waals surface area contributed by atoms with Gasteiger partial charge in [0.2, 0.25) is 5.92 Å². The molecule has 0 radical (unpaired) electrons. The van der Waals surface area contributed by atoms with Crippen molar-refractivity contribution in [1.29, 1.82) is 0 Å². The molecule has 1 fully saturated rings. The fourth-order valence-corrected chi connectivity index (χ4v) is 2.85. The molecule has 1 aromatic rings. The maximum absolute atomic E-state index is 13.2. The second-order valence-electron chi connectivity index (χ2n) is 6.40. The molecule has 0 N–H and O–H groups in total. The van der Waals surface area contributed by atoms with Gasteiger partial charge < -0.3 is 0 Å². The van der Waals surface area contributed by atoms with E-state index in [9.17, 15) is 8.78 Å². The summed E-state index contributed by atoms with van der Waals surface area (Å²) in [4.78, 5) is 0. The first-order valence-electron chi connectivity index (χ1n) is 6.63. The summed E-state index contributed by atoms with van der Waals surface area (Å²) >= 11 is 0. The first-order chi connectivity index (χ1) is 8.21. The Morgan fingerprint density at radius 3 is 2.28 bits per heavy atom. The van der Waals surface area contributed by atoms with E-state index >= 15 is 0 Å². The molecule has 0 bridgehead atoms.